The maximum Gasteiger partial charge on any atom is 0.108 e. The first-order chi connectivity index (χ1) is 4.68. The van der Waals surface area contributed by atoms with Crippen LogP contribution in [-0.2, 0) is 9.47 Å². The SMILES string of the molecule is CCOC([O-])(CBr)OCC. The van der Waals surface area contributed by atoms with Crippen LogP contribution in [-0.4, -0.2) is 24.5 Å². The van der Waals surface area contributed by atoms with E-state index in [1.807, 2.05) is 0 Å². The summed E-state index contributed by atoms with van der Waals surface area (Å²) >= 11 is 3.01. The van der Waals surface area contributed by atoms with Crippen molar-refractivity contribution < 1.29 is 14.6 Å². The van der Waals surface area contributed by atoms with Gasteiger partial charge in [0.2, 0.25) is 0 Å². The van der Waals surface area contributed by atoms with Gasteiger partial charge < -0.3 is 14.6 Å². The van der Waals surface area contributed by atoms with Crippen molar-refractivity contribution in [2.45, 2.75) is 19.8 Å². The zero-order chi connectivity index (χ0) is 8.04. The zero-order valence-corrected chi connectivity index (χ0v) is 7.81. The summed E-state index contributed by atoms with van der Waals surface area (Å²) in [6.45, 7) is 4.26. The van der Waals surface area contributed by atoms with Gasteiger partial charge in [-0.15, -0.1) is 0 Å². The summed E-state index contributed by atoms with van der Waals surface area (Å²) in [5.41, 5.74) is 0. The Morgan fingerprint density at radius 2 is 1.70 bits per heavy atom. The molecule has 3 nitrogen and oxygen atoms in total. The second-order valence-electron chi connectivity index (χ2n) is 1.68. The third-order valence-corrected chi connectivity index (χ3v) is 1.58. The molecule has 0 N–H and O–H groups in total. The second kappa shape index (κ2) is 5.07. The number of ether oxygens (including phenoxy) is 2. The molecule has 0 aliphatic carbocycles. The average molecular weight is 212 g/mol. The van der Waals surface area contributed by atoms with Gasteiger partial charge in [0.1, 0.15) is 5.97 Å². The highest BCUT2D eigenvalue weighted by atomic mass is 79.9. The quantitative estimate of drug-likeness (QED) is 0.491. The van der Waals surface area contributed by atoms with Gasteiger partial charge >= 0.3 is 0 Å². The minimum absolute atomic E-state index is 0.154. The number of hydrogen-bond acceptors (Lipinski definition) is 3. The van der Waals surface area contributed by atoms with Crippen LogP contribution >= 0.6 is 15.9 Å². The summed E-state index contributed by atoms with van der Waals surface area (Å²) in [5, 5.41) is 11.3. The molecule has 62 valence electrons. The highest BCUT2D eigenvalue weighted by molar-refractivity contribution is 9.09. The van der Waals surface area contributed by atoms with Gasteiger partial charge in [-0.05, 0) is 13.8 Å². The van der Waals surface area contributed by atoms with Gasteiger partial charge in [0.25, 0.3) is 0 Å². The van der Waals surface area contributed by atoms with E-state index in [0.717, 1.165) is 0 Å². The molecule has 0 bridgehead atoms. The molecular weight excluding hydrogens is 200 g/mol. The average Bonchev–Trinajstić information content (AvgIpc) is 1.89. The third-order valence-electron chi connectivity index (χ3n) is 0.892. The van der Waals surface area contributed by atoms with Crippen molar-refractivity contribution in [2.24, 2.45) is 0 Å². The summed E-state index contributed by atoms with van der Waals surface area (Å²) in [7, 11) is 0. The monoisotopic (exact) mass is 211 g/mol. The third kappa shape index (κ3) is 3.51. The van der Waals surface area contributed by atoms with Crippen LogP contribution < -0.4 is 5.11 Å². The largest absolute Gasteiger partial charge is 0.806 e. The molecule has 0 aliphatic rings. The lowest BCUT2D eigenvalue weighted by Crippen LogP contribution is -2.50. The summed E-state index contributed by atoms with van der Waals surface area (Å²) in [4.78, 5) is 0. The van der Waals surface area contributed by atoms with E-state index in [0.29, 0.717) is 13.2 Å². The molecule has 4 heteroatoms. The first-order valence-electron chi connectivity index (χ1n) is 3.22. The van der Waals surface area contributed by atoms with Gasteiger partial charge in [0.15, 0.2) is 0 Å². The lowest BCUT2D eigenvalue weighted by atomic mass is 10.6. The van der Waals surface area contributed by atoms with E-state index in [1.165, 1.54) is 0 Å². The highest BCUT2D eigenvalue weighted by Crippen LogP contribution is 2.07. The maximum atomic E-state index is 11.2. The first-order valence-corrected chi connectivity index (χ1v) is 4.35. The van der Waals surface area contributed by atoms with Gasteiger partial charge in [-0.3, -0.25) is 0 Å². The maximum absolute atomic E-state index is 11.2. The van der Waals surface area contributed by atoms with E-state index < -0.39 is 5.97 Å². The number of halogens is 1. The molecule has 0 aromatic carbocycles. The molecule has 0 saturated carbocycles. The predicted molar refractivity (Wildman–Crippen MR) is 39.8 cm³/mol. The van der Waals surface area contributed by atoms with Crippen LogP contribution in [0.4, 0.5) is 0 Å². The molecule has 0 saturated heterocycles. The van der Waals surface area contributed by atoms with Crippen LogP contribution in [0.15, 0.2) is 0 Å². The van der Waals surface area contributed by atoms with Gasteiger partial charge in [-0.25, -0.2) is 0 Å². The fraction of sp³-hybridized carbons (Fsp3) is 1.00. The normalized spacial score (nSPS) is 12.0. The lowest BCUT2D eigenvalue weighted by Gasteiger charge is -2.37. The Hall–Kier alpha value is 0.360. The molecule has 0 heterocycles. The summed E-state index contributed by atoms with van der Waals surface area (Å²) < 4.78 is 9.59. The van der Waals surface area contributed by atoms with E-state index in [9.17, 15) is 5.11 Å². The molecule has 0 fully saturated rings. The molecule has 0 aromatic heterocycles. The number of rotatable bonds is 5. The Bertz CT molecular complexity index is 81.1. The van der Waals surface area contributed by atoms with Crippen molar-refractivity contribution in [3.8, 4) is 0 Å². The zero-order valence-electron chi connectivity index (χ0n) is 6.22. The molecule has 0 aliphatic heterocycles. The van der Waals surface area contributed by atoms with E-state index in [-0.39, 0.29) is 5.33 Å². The Kier molecular flexibility index (Phi) is 5.25. The van der Waals surface area contributed by atoms with Crippen LogP contribution in [0.1, 0.15) is 13.8 Å². The van der Waals surface area contributed by atoms with Crippen molar-refractivity contribution in [2.75, 3.05) is 18.5 Å². The molecule has 0 rings (SSSR count). The molecular formula is C6H12BrO3-. The van der Waals surface area contributed by atoms with Crippen LogP contribution in [0.2, 0.25) is 0 Å². The predicted octanol–water partition coefficient (Wildman–Crippen LogP) is 0.468. The van der Waals surface area contributed by atoms with Crippen molar-refractivity contribution in [1.82, 2.24) is 0 Å². The first kappa shape index (κ1) is 10.4. The van der Waals surface area contributed by atoms with E-state index in [1.54, 1.807) is 13.8 Å². The summed E-state index contributed by atoms with van der Waals surface area (Å²) in [6, 6.07) is 0. The molecule has 0 atom stereocenters. The van der Waals surface area contributed by atoms with E-state index in [2.05, 4.69) is 15.9 Å². The summed E-state index contributed by atoms with van der Waals surface area (Å²) in [6.07, 6.45) is 0. The summed E-state index contributed by atoms with van der Waals surface area (Å²) in [5.74, 6) is -1.69. The van der Waals surface area contributed by atoms with Gasteiger partial charge in [-0.2, -0.15) is 0 Å². The van der Waals surface area contributed by atoms with E-state index >= 15 is 0 Å². The van der Waals surface area contributed by atoms with Crippen molar-refractivity contribution in [3.05, 3.63) is 0 Å². The lowest BCUT2D eigenvalue weighted by molar-refractivity contribution is -0.623. The van der Waals surface area contributed by atoms with Gasteiger partial charge in [0, 0.05) is 18.5 Å². The Morgan fingerprint density at radius 3 is 1.90 bits per heavy atom. The molecule has 10 heavy (non-hydrogen) atoms. The van der Waals surface area contributed by atoms with Gasteiger partial charge in [-0.1, -0.05) is 15.9 Å². The Labute approximate surface area is 69.5 Å². The highest BCUT2D eigenvalue weighted by Gasteiger charge is 2.13. The van der Waals surface area contributed by atoms with Crippen LogP contribution in [0.25, 0.3) is 0 Å². The molecule has 0 radical (unpaired) electrons. The van der Waals surface area contributed by atoms with Crippen molar-refractivity contribution in [3.63, 3.8) is 0 Å². The molecule has 0 spiro atoms. The van der Waals surface area contributed by atoms with Crippen molar-refractivity contribution >= 4 is 15.9 Å². The Morgan fingerprint density at radius 1 is 1.30 bits per heavy atom. The number of alkyl halides is 1. The fourth-order valence-corrected chi connectivity index (χ4v) is 0.882. The molecule has 0 amide bonds. The topological polar surface area (TPSA) is 41.5 Å². The van der Waals surface area contributed by atoms with Crippen molar-refractivity contribution in [1.29, 1.82) is 0 Å². The van der Waals surface area contributed by atoms with Crippen LogP contribution in [0, 0.1) is 0 Å². The Balaban J connectivity index is 3.69. The van der Waals surface area contributed by atoms with Crippen LogP contribution in [0.5, 0.6) is 0 Å². The standard InChI is InChI=1S/C6H12BrO3/c1-3-9-6(8,5-7)10-4-2/h3-5H2,1-2H3/q-1. The minimum Gasteiger partial charge on any atom is -0.806 e. The molecule has 0 unspecified atom stereocenters. The smallest absolute Gasteiger partial charge is 0.108 e. The number of hydrogen-bond donors (Lipinski definition) is 0. The van der Waals surface area contributed by atoms with Crippen LogP contribution in [0.3, 0.4) is 0 Å². The second-order valence-corrected chi connectivity index (χ2v) is 2.24. The van der Waals surface area contributed by atoms with Gasteiger partial charge in [0.05, 0.1) is 0 Å². The van der Waals surface area contributed by atoms with E-state index in [4.69, 9.17) is 9.47 Å². The fourth-order valence-electron chi connectivity index (χ4n) is 0.559. The molecule has 0 aromatic rings. The minimum atomic E-state index is -1.69.